The Hall–Kier alpha value is -2.82. The molecule has 5 heteroatoms. The fourth-order valence-electron chi connectivity index (χ4n) is 2.15. The monoisotopic (exact) mass is 267 g/mol. The minimum absolute atomic E-state index is 0.298. The maximum atomic E-state index is 12.3. The van der Waals surface area contributed by atoms with Crippen molar-refractivity contribution in [2.75, 3.05) is 13.0 Å². The Kier molecular flexibility index (Phi) is 2.87. The number of hydrogen-bond donors (Lipinski definition) is 1. The predicted molar refractivity (Wildman–Crippen MR) is 78.1 cm³/mol. The van der Waals surface area contributed by atoms with Gasteiger partial charge in [-0.25, -0.2) is 9.66 Å². The summed E-state index contributed by atoms with van der Waals surface area (Å²) in [6.45, 7) is 0. The van der Waals surface area contributed by atoms with E-state index in [1.807, 2.05) is 30.3 Å². The first kappa shape index (κ1) is 12.2. The third-order valence-corrected chi connectivity index (χ3v) is 3.15. The van der Waals surface area contributed by atoms with Crippen LogP contribution in [0.5, 0.6) is 5.75 Å². The Bertz CT molecular complexity index is 826. The number of nitrogen functional groups attached to an aromatic ring is 1. The van der Waals surface area contributed by atoms with Crippen LogP contribution >= 0.6 is 0 Å². The van der Waals surface area contributed by atoms with Gasteiger partial charge in [0.05, 0.1) is 12.5 Å². The van der Waals surface area contributed by atoms with Crippen LogP contribution in [0.3, 0.4) is 0 Å². The molecule has 0 aliphatic heterocycles. The van der Waals surface area contributed by atoms with Crippen LogP contribution in [0.1, 0.15) is 0 Å². The quantitative estimate of drug-likeness (QED) is 0.719. The van der Waals surface area contributed by atoms with Crippen LogP contribution in [0.2, 0.25) is 0 Å². The molecule has 0 spiro atoms. The van der Waals surface area contributed by atoms with Crippen molar-refractivity contribution in [2.24, 2.45) is 0 Å². The van der Waals surface area contributed by atoms with Crippen molar-refractivity contribution in [2.45, 2.75) is 0 Å². The van der Waals surface area contributed by atoms with Crippen LogP contribution in [0.15, 0.2) is 53.3 Å². The van der Waals surface area contributed by atoms with Gasteiger partial charge in [-0.3, -0.25) is 4.79 Å². The maximum Gasteiger partial charge on any atom is 0.280 e. The first-order chi connectivity index (χ1) is 9.72. The van der Waals surface area contributed by atoms with Gasteiger partial charge >= 0.3 is 0 Å². The van der Waals surface area contributed by atoms with E-state index in [1.54, 1.807) is 25.3 Å². The highest BCUT2D eigenvalue weighted by Gasteiger charge is 2.13. The van der Waals surface area contributed by atoms with E-state index in [1.165, 1.54) is 0 Å². The summed E-state index contributed by atoms with van der Waals surface area (Å²) in [5.74, 6) is 6.84. The number of fused-ring (bicyclic) bond motifs is 1. The van der Waals surface area contributed by atoms with Crippen molar-refractivity contribution in [3.63, 3.8) is 0 Å². The van der Waals surface area contributed by atoms with Gasteiger partial charge < -0.3 is 10.6 Å². The maximum absolute atomic E-state index is 12.3. The molecule has 0 unspecified atom stereocenters. The lowest BCUT2D eigenvalue weighted by molar-refractivity contribution is 0.419. The number of ether oxygens (including phenoxy) is 1. The molecule has 20 heavy (non-hydrogen) atoms. The zero-order chi connectivity index (χ0) is 14.1. The minimum atomic E-state index is -0.298. The number of hydrogen-bond acceptors (Lipinski definition) is 4. The van der Waals surface area contributed by atoms with Crippen molar-refractivity contribution in [3.8, 4) is 17.1 Å². The molecule has 0 saturated carbocycles. The Morgan fingerprint density at radius 3 is 2.55 bits per heavy atom. The van der Waals surface area contributed by atoms with E-state index in [2.05, 4.69) is 4.98 Å². The van der Waals surface area contributed by atoms with Crippen LogP contribution in [-0.4, -0.2) is 16.8 Å². The minimum Gasteiger partial charge on any atom is -0.494 e. The normalized spacial score (nSPS) is 10.7. The summed E-state index contributed by atoms with van der Waals surface area (Å²) in [4.78, 5) is 16.8. The molecule has 5 nitrogen and oxygen atoms in total. The van der Waals surface area contributed by atoms with Gasteiger partial charge in [-0.05, 0) is 12.1 Å². The van der Waals surface area contributed by atoms with Crippen LogP contribution in [-0.2, 0) is 0 Å². The van der Waals surface area contributed by atoms with Gasteiger partial charge in [0, 0.05) is 5.56 Å². The van der Waals surface area contributed by atoms with Gasteiger partial charge in [0.25, 0.3) is 5.56 Å². The standard InChI is InChI=1S/C15H13N3O2/c1-20-12-9-5-8-11-13(12)17-14(18(16)15(11)19)10-6-3-2-4-7-10/h2-9H,16H2,1H3. The van der Waals surface area contributed by atoms with Crippen LogP contribution < -0.4 is 16.1 Å². The number of methoxy groups -OCH3 is 1. The predicted octanol–water partition coefficient (Wildman–Crippen LogP) is 1.79. The molecule has 0 saturated heterocycles. The largest absolute Gasteiger partial charge is 0.494 e. The van der Waals surface area contributed by atoms with Crippen molar-refractivity contribution in [1.29, 1.82) is 0 Å². The zero-order valence-electron chi connectivity index (χ0n) is 10.9. The third kappa shape index (κ3) is 1.80. The van der Waals surface area contributed by atoms with Gasteiger partial charge in [-0.2, -0.15) is 0 Å². The average molecular weight is 267 g/mol. The topological polar surface area (TPSA) is 70.1 Å². The first-order valence-electron chi connectivity index (χ1n) is 6.12. The van der Waals surface area contributed by atoms with Crippen molar-refractivity contribution in [3.05, 3.63) is 58.9 Å². The van der Waals surface area contributed by atoms with Crippen molar-refractivity contribution >= 4 is 10.9 Å². The highest BCUT2D eigenvalue weighted by atomic mass is 16.5. The fourth-order valence-corrected chi connectivity index (χ4v) is 2.15. The molecule has 100 valence electrons. The van der Waals surface area contributed by atoms with Crippen molar-refractivity contribution < 1.29 is 4.74 Å². The molecule has 0 bridgehead atoms. The van der Waals surface area contributed by atoms with Crippen LogP contribution in [0, 0.1) is 0 Å². The molecule has 2 N–H and O–H groups in total. The molecule has 0 aliphatic rings. The lowest BCUT2D eigenvalue weighted by atomic mass is 10.2. The highest BCUT2D eigenvalue weighted by molar-refractivity contribution is 5.85. The smallest absolute Gasteiger partial charge is 0.280 e. The van der Waals surface area contributed by atoms with E-state index < -0.39 is 0 Å². The second kappa shape index (κ2) is 4.70. The molecule has 3 rings (SSSR count). The highest BCUT2D eigenvalue weighted by Crippen LogP contribution is 2.23. The summed E-state index contributed by atoms with van der Waals surface area (Å²) in [6.07, 6.45) is 0. The van der Waals surface area contributed by atoms with E-state index in [0.29, 0.717) is 22.5 Å². The first-order valence-corrected chi connectivity index (χ1v) is 6.12. The fraction of sp³-hybridized carbons (Fsp3) is 0.0667. The Labute approximate surface area is 115 Å². The molecule has 0 aliphatic carbocycles. The molecular weight excluding hydrogens is 254 g/mol. The number of rotatable bonds is 2. The summed E-state index contributed by atoms with van der Waals surface area (Å²) in [6, 6.07) is 14.5. The molecule has 0 atom stereocenters. The van der Waals surface area contributed by atoms with Crippen LogP contribution in [0.25, 0.3) is 22.3 Å². The van der Waals surface area contributed by atoms with Gasteiger partial charge in [-0.15, -0.1) is 0 Å². The second-order valence-electron chi connectivity index (χ2n) is 4.33. The van der Waals surface area contributed by atoms with E-state index >= 15 is 0 Å². The molecule has 2 aromatic carbocycles. The van der Waals surface area contributed by atoms with E-state index in [4.69, 9.17) is 10.6 Å². The molecule has 1 aromatic heterocycles. The Morgan fingerprint density at radius 2 is 1.85 bits per heavy atom. The molecule has 3 aromatic rings. The number of benzene rings is 2. The van der Waals surface area contributed by atoms with Gasteiger partial charge in [0.15, 0.2) is 5.82 Å². The van der Waals surface area contributed by atoms with Gasteiger partial charge in [0.2, 0.25) is 0 Å². The summed E-state index contributed by atoms with van der Waals surface area (Å²) in [5.41, 5.74) is 0.994. The van der Waals surface area contributed by atoms with Gasteiger partial charge in [-0.1, -0.05) is 36.4 Å². The molecule has 1 heterocycles. The summed E-state index contributed by atoms with van der Waals surface area (Å²) in [7, 11) is 1.55. The second-order valence-corrected chi connectivity index (χ2v) is 4.33. The summed E-state index contributed by atoms with van der Waals surface area (Å²) >= 11 is 0. The third-order valence-electron chi connectivity index (χ3n) is 3.15. The number of para-hydroxylation sites is 1. The summed E-state index contributed by atoms with van der Waals surface area (Å²) < 4.78 is 6.33. The number of nitrogens with two attached hydrogens (primary N) is 1. The zero-order valence-corrected chi connectivity index (χ0v) is 10.9. The Balaban J connectivity index is 2.40. The van der Waals surface area contributed by atoms with Crippen LogP contribution in [0.4, 0.5) is 0 Å². The lowest BCUT2D eigenvalue weighted by Crippen LogP contribution is -2.30. The van der Waals surface area contributed by atoms with E-state index in [9.17, 15) is 4.79 Å². The SMILES string of the molecule is COc1cccc2c(=O)n(N)c(-c3ccccc3)nc12. The average Bonchev–Trinajstić information content (AvgIpc) is 2.51. The van der Waals surface area contributed by atoms with Gasteiger partial charge in [0.1, 0.15) is 11.3 Å². The molecule has 0 amide bonds. The van der Waals surface area contributed by atoms with E-state index in [-0.39, 0.29) is 5.56 Å². The van der Waals surface area contributed by atoms with Crippen molar-refractivity contribution in [1.82, 2.24) is 9.66 Å². The molecule has 0 radical (unpaired) electrons. The number of aromatic nitrogens is 2. The summed E-state index contributed by atoms with van der Waals surface area (Å²) in [5, 5.41) is 0.437. The lowest BCUT2D eigenvalue weighted by Gasteiger charge is -2.10. The van der Waals surface area contributed by atoms with E-state index in [0.717, 1.165) is 10.2 Å². The molecule has 0 fully saturated rings. The number of nitrogens with zero attached hydrogens (tertiary/aromatic N) is 2. The molecular formula is C15H13N3O2. The Morgan fingerprint density at radius 1 is 1.10 bits per heavy atom.